The van der Waals surface area contributed by atoms with E-state index in [1.165, 1.54) is 14.6 Å². The van der Waals surface area contributed by atoms with Gasteiger partial charge in [0.1, 0.15) is 0 Å². The molecule has 0 aliphatic heterocycles. The average Bonchev–Trinajstić information content (AvgIpc) is 2.87. The fraction of sp³-hybridized carbons (Fsp3) is 0.273. The minimum Gasteiger partial charge on any atom is -0.395 e. The molecule has 1 atom stereocenters. The van der Waals surface area contributed by atoms with Gasteiger partial charge in [0, 0.05) is 20.7 Å². The van der Waals surface area contributed by atoms with Crippen molar-refractivity contribution in [1.82, 2.24) is 0 Å². The number of aliphatic hydroxyl groups is 1. The number of thiophene rings is 2. The Labute approximate surface area is 111 Å². The number of halogens is 1. The highest BCUT2D eigenvalue weighted by Gasteiger charge is 2.08. The zero-order valence-electron chi connectivity index (χ0n) is 8.52. The van der Waals surface area contributed by atoms with Gasteiger partial charge in [-0.15, -0.1) is 22.7 Å². The molecule has 2 nitrogen and oxygen atoms in total. The van der Waals surface area contributed by atoms with Gasteiger partial charge >= 0.3 is 0 Å². The van der Waals surface area contributed by atoms with Crippen molar-refractivity contribution in [3.8, 4) is 9.75 Å². The van der Waals surface area contributed by atoms with Crippen LogP contribution in [0, 0.1) is 0 Å². The SMILES string of the molecule is NC(CO)Cc1ccc(-c2ccc(Br)s2)s1. The van der Waals surface area contributed by atoms with Crippen molar-refractivity contribution in [2.45, 2.75) is 12.5 Å². The summed E-state index contributed by atoms with van der Waals surface area (Å²) in [6.45, 7) is 0.0395. The highest BCUT2D eigenvalue weighted by molar-refractivity contribution is 9.11. The van der Waals surface area contributed by atoms with Crippen LogP contribution in [0.1, 0.15) is 4.88 Å². The third kappa shape index (κ3) is 2.93. The molecule has 0 saturated carbocycles. The summed E-state index contributed by atoms with van der Waals surface area (Å²) >= 11 is 6.92. The molecule has 86 valence electrons. The van der Waals surface area contributed by atoms with Gasteiger partial charge < -0.3 is 10.8 Å². The summed E-state index contributed by atoms with van der Waals surface area (Å²) in [4.78, 5) is 3.75. The lowest BCUT2D eigenvalue weighted by molar-refractivity contribution is 0.266. The Morgan fingerprint density at radius 2 is 1.88 bits per heavy atom. The van der Waals surface area contributed by atoms with Crippen LogP contribution in [0.15, 0.2) is 28.1 Å². The van der Waals surface area contributed by atoms with E-state index in [0.717, 1.165) is 10.2 Å². The molecule has 2 rings (SSSR count). The van der Waals surface area contributed by atoms with E-state index in [1.807, 2.05) is 0 Å². The van der Waals surface area contributed by atoms with E-state index in [4.69, 9.17) is 10.8 Å². The van der Waals surface area contributed by atoms with E-state index < -0.39 is 0 Å². The third-order valence-corrected chi connectivity index (χ3v) is 5.10. The first-order chi connectivity index (χ1) is 7.69. The summed E-state index contributed by atoms with van der Waals surface area (Å²) in [5.41, 5.74) is 5.71. The molecule has 0 bridgehead atoms. The highest BCUT2D eigenvalue weighted by Crippen LogP contribution is 2.35. The van der Waals surface area contributed by atoms with Crippen LogP contribution in [0.3, 0.4) is 0 Å². The first-order valence-corrected chi connectivity index (χ1v) is 7.32. The van der Waals surface area contributed by atoms with E-state index >= 15 is 0 Å². The Morgan fingerprint density at radius 1 is 1.19 bits per heavy atom. The Kier molecular flexibility index (Phi) is 4.16. The van der Waals surface area contributed by atoms with Gasteiger partial charge in [0.05, 0.1) is 10.4 Å². The number of rotatable bonds is 4. The summed E-state index contributed by atoms with van der Waals surface area (Å²) in [5, 5.41) is 8.90. The van der Waals surface area contributed by atoms with Gasteiger partial charge in [0.25, 0.3) is 0 Å². The molecule has 2 heterocycles. The standard InChI is InChI=1S/C11H12BrNOS2/c12-11-4-3-10(16-11)9-2-1-8(15-9)5-7(13)6-14/h1-4,7,14H,5-6,13H2. The number of hydrogen-bond donors (Lipinski definition) is 2. The van der Waals surface area contributed by atoms with Crippen LogP contribution in [0.2, 0.25) is 0 Å². The van der Waals surface area contributed by atoms with Crippen molar-refractivity contribution in [2.24, 2.45) is 5.73 Å². The van der Waals surface area contributed by atoms with Crippen molar-refractivity contribution in [3.05, 3.63) is 32.9 Å². The van der Waals surface area contributed by atoms with Crippen LogP contribution in [0.4, 0.5) is 0 Å². The predicted octanol–water partition coefficient (Wildman–Crippen LogP) is 3.10. The molecule has 1 unspecified atom stereocenters. The smallest absolute Gasteiger partial charge is 0.0705 e. The molecule has 2 aromatic heterocycles. The largest absolute Gasteiger partial charge is 0.395 e. The lowest BCUT2D eigenvalue weighted by Crippen LogP contribution is -2.26. The third-order valence-electron chi connectivity index (χ3n) is 2.18. The van der Waals surface area contributed by atoms with Crippen LogP contribution < -0.4 is 5.73 Å². The fourth-order valence-electron chi connectivity index (χ4n) is 1.39. The van der Waals surface area contributed by atoms with Gasteiger partial charge in [-0.05, 0) is 46.6 Å². The van der Waals surface area contributed by atoms with Gasteiger partial charge in [-0.1, -0.05) is 0 Å². The molecule has 0 radical (unpaired) electrons. The van der Waals surface area contributed by atoms with Gasteiger partial charge in [0.15, 0.2) is 0 Å². The molecule has 0 aliphatic rings. The Morgan fingerprint density at radius 3 is 2.50 bits per heavy atom. The Balaban J connectivity index is 2.13. The van der Waals surface area contributed by atoms with Crippen molar-refractivity contribution in [3.63, 3.8) is 0 Å². The number of aliphatic hydroxyl groups excluding tert-OH is 1. The van der Waals surface area contributed by atoms with Crippen molar-refractivity contribution in [2.75, 3.05) is 6.61 Å². The van der Waals surface area contributed by atoms with E-state index in [2.05, 4.69) is 40.2 Å². The second kappa shape index (κ2) is 5.42. The average molecular weight is 318 g/mol. The van der Waals surface area contributed by atoms with Crippen molar-refractivity contribution >= 4 is 38.6 Å². The van der Waals surface area contributed by atoms with Crippen LogP contribution >= 0.6 is 38.6 Å². The highest BCUT2D eigenvalue weighted by atomic mass is 79.9. The van der Waals surface area contributed by atoms with E-state index in [1.54, 1.807) is 22.7 Å². The monoisotopic (exact) mass is 317 g/mol. The van der Waals surface area contributed by atoms with Crippen LogP contribution in [0.25, 0.3) is 9.75 Å². The summed E-state index contributed by atoms with van der Waals surface area (Å²) in [7, 11) is 0. The van der Waals surface area contributed by atoms with Gasteiger partial charge in [-0.25, -0.2) is 0 Å². The molecule has 3 N–H and O–H groups in total. The van der Waals surface area contributed by atoms with Gasteiger partial charge in [0.2, 0.25) is 0 Å². The molecule has 0 spiro atoms. The molecular formula is C11H12BrNOS2. The zero-order valence-corrected chi connectivity index (χ0v) is 11.7. The van der Waals surface area contributed by atoms with Crippen LogP contribution in [0.5, 0.6) is 0 Å². The summed E-state index contributed by atoms with van der Waals surface area (Å²) in [5.74, 6) is 0. The topological polar surface area (TPSA) is 46.2 Å². The molecular weight excluding hydrogens is 306 g/mol. The molecule has 0 aromatic carbocycles. The quantitative estimate of drug-likeness (QED) is 0.910. The van der Waals surface area contributed by atoms with Crippen molar-refractivity contribution < 1.29 is 5.11 Å². The minimum atomic E-state index is -0.151. The van der Waals surface area contributed by atoms with Crippen LogP contribution in [-0.2, 0) is 6.42 Å². The van der Waals surface area contributed by atoms with Crippen LogP contribution in [-0.4, -0.2) is 17.8 Å². The Bertz CT molecular complexity index is 466. The summed E-state index contributed by atoms with van der Waals surface area (Å²) in [6.07, 6.45) is 0.744. The number of hydrogen-bond acceptors (Lipinski definition) is 4. The van der Waals surface area contributed by atoms with E-state index in [0.29, 0.717) is 0 Å². The van der Waals surface area contributed by atoms with Crippen molar-refractivity contribution in [1.29, 1.82) is 0 Å². The number of nitrogens with two attached hydrogens (primary N) is 1. The molecule has 0 amide bonds. The molecule has 0 aliphatic carbocycles. The van der Waals surface area contributed by atoms with E-state index in [9.17, 15) is 0 Å². The van der Waals surface area contributed by atoms with Gasteiger partial charge in [-0.2, -0.15) is 0 Å². The lowest BCUT2D eigenvalue weighted by Gasteiger charge is -2.04. The zero-order chi connectivity index (χ0) is 11.5. The maximum atomic E-state index is 8.90. The molecule has 0 fully saturated rings. The van der Waals surface area contributed by atoms with E-state index in [-0.39, 0.29) is 12.6 Å². The summed E-state index contributed by atoms with van der Waals surface area (Å²) < 4.78 is 1.14. The molecule has 5 heteroatoms. The molecule has 2 aromatic rings. The maximum Gasteiger partial charge on any atom is 0.0705 e. The second-order valence-electron chi connectivity index (χ2n) is 3.52. The first-order valence-electron chi connectivity index (χ1n) is 4.90. The predicted molar refractivity (Wildman–Crippen MR) is 74.1 cm³/mol. The molecule has 0 saturated heterocycles. The van der Waals surface area contributed by atoms with Gasteiger partial charge in [-0.3, -0.25) is 0 Å². The lowest BCUT2D eigenvalue weighted by atomic mass is 10.2. The first kappa shape index (κ1) is 12.3. The Hall–Kier alpha value is -0.200. The molecule has 16 heavy (non-hydrogen) atoms. The maximum absolute atomic E-state index is 8.90. The summed E-state index contributed by atoms with van der Waals surface area (Å²) in [6, 6.07) is 8.21. The normalized spacial score (nSPS) is 12.9. The fourth-order valence-corrected chi connectivity index (χ4v) is 3.97. The second-order valence-corrected chi connectivity index (χ2v) is 7.15. The minimum absolute atomic E-state index is 0.0395.